The third-order valence-corrected chi connectivity index (χ3v) is 9.47. The molecule has 0 radical (unpaired) electrons. The van der Waals surface area contributed by atoms with Crippen molar-refractivity contribution < 1.29 is 0 Å². The zero-order chi connectivity index (χ0) is 74.1. The van der Waals surface area contributed by atoms with Gasteiger partial charge in [0.15, 0.2) is 5.65 Å². The maximum Gasteiger partial charge on any atom is 0.178 e. The molecular weight excluding hydrogens is 1230 g/mol. The third-order valence-electron chi connectivity index (χ3n) is 9.47. The van der Waals surface area contributed by atoms with Gasteiger partial charge in [-0.25, -0.2) is 44.9 Å². The van der Waals surface area contributed by atoms with Crippen molar-refractivity contribution in [3.05, 3.63) is 289 Å². The van der Waals surface area contributed by atoms with Crippen molar-refractivity contribution >= 4 is 55.0 Å². The molecule has 15 rings (SSSR count). The maximum absolute atomic E-state index is 4.64. The fourth-order valence-corrected chi connectivity index (χ4v) is 6.01. The lowest BCUT2D eigenvalue weighted by atomic mass is 10.0. The van der Waals surface area contributed by atoms with Crippen LogP contribution in [0.3, 0.4) is 0 Å². The molecule has 99 heavy (non-hydrogen) atoms. The van der Waals surface area contributed by atoms with Crippen molar-refractivity contribution in [1.29, 1.82) is 0 Å². The molecule has 0 saturated heterocycles. The molecule has 0 aliphatic carbocycles. The van der Waals surface area contributed by atoms with Gasteiger partial charge in [0.1, 0.15) is 42.7 Å². The van der Waals surface area contributed by atoms with E-state index in [2.05, 4.69) is 159 Å². The monoisotopic (exact) mass is 1340 g/mol. The Morgan fingerprint density at radius 3 is 0.838 bits per heavy atom. The summed E-state index contributed by atoms with van der Waals surface area (Å²) < 4.78 is 0. The quantitative estimate of drug-likeness (QED) is 0.127. The van der Waals surface area contributed by atoms with Gasteiger partial charge in [0.2, 0.25) is 0 Å². The number of hydrogen-bond acceptors (Lipinski definition) is 23. The van der Waals surface area contributed by atoms with Crippen LogP contribution in [0.4, 0.5) is 0 Å². The fraction of sp³-hybridized carbons (Fsp3) is 0.250. The Balaban J connectivity index is -0.000000500. The highest BCUT2D eigenvalue weighted by Gasteiger charge is 2.03. The molecule has 12 aromatic heterocycles. The molecule has 0 saturated carbocycles. The lowest BCUT2D eigenvalue weighted by molar-refractivity contribution is 0.969. The minimum atomic E-state index is 0.699. The van der Waals surface area contributed by atoms with Gasteiger partial charge in [-0.1, -0.05) is 173 Å². The molecule has 0 fully saturated rings. The van der Waals surface area contributed by atoms with Gasteiger partial charge in [-0.15, -0.1) is 5.10 Å². The maximum atomic E-state index is 4.64. The summed E-state index contributed by atoms with van der Waals surface area (Å²) >= 11 is 0. The first kappa shape index (κ1) is 93.4. The lowest BCUT2D eigenvalue weighted by Gasteiger charge is -2.05. The largest absolute Gasteiger partial charge is 0.262 e. The first-order valence-corrected chi connectivity index (χ1v) is 33.1. The molecule has 12 heterocycles. The van der Waals surface area contributed by atoms with E-state index in [1.165, 1.54) is 54.2 Å². The van der Waals surface area contributed by atoms with Crippen molar-refractivity contribution in [3.63, 3.8) is 0 Å². The van der Waals surface area contributed by atoms with Crippen LogP contribution in [0.5, 0.6) is 0 Å². The van der Waals surface area contributed by atoms with Gasteiger partial charge in [-0.2, -0.15) is 25.5 Å². The SMILES string of the molecule is CC.CC.CC.CC.CC.CC.CC.CC.CC.Cc1c2ccccc2nc2ccccc12.c1cc2nccnc2cn1.c1ccc2nccnc2c1.c1ccnnc1.c1ccnnc1.c1cnc2nccnc2c1.c1cnccn1.c1cncnc1.c1cnncn1.c1ncncn1. The molecule has 23 heteroatoms. The van der Waals surface area contributed by atoms with Crippen LogP contribution in [0.25, 0.3) is 55.0 Å². The van der Waals surface area contributed by atoms with E-state index < -0.39 is 0 Å². The van der Waals surface area contributed by atoms with Gasteiger partial charge in [-0.05, 0) is 85.3 Å². The summed E-state index contributed by atoms with van der Waals surface area (Å²) in [6.45, 7) is 38.2. The Kier molecular flexibility index (Phi) is 72.4. The van der Waals surface area contributed by atoms with Crippen LogP contribution in [0.1, 0.15) is 130 Å². The first-order chi connectivity index (χ1) is 49.3. The van der Waals surface area contributed by atoms with Crippen molar-refractivity contribution in [3.8, 4) is 0 Å². The first-order valence-electron chi connectivity index (χ1n) is 33.1. The van der Waals surface area contributed by atoms with Crippen LogP contribution in [0.2, 0.25) is 0 Å². The van der Waals surface area contributed by atoms with E-state index in [0.29, 0.717) is 5.65 Å². The van der Waals surface area contributed by atoms with Crippen LogP contribution in [-0.4, -0.2) is 115 Å². The zero-order valence-corrected chi connectivity index (χ0v) is 61.3. The van der Waals surface area contributed by atoms with E-state index >= 15 is 0 Å². The van der Waals surface area contributed by atoms with E-state index in [1.807, 2.05) is 203 Å². The van der Waals surface area contributed by atoms with E-state index in [9.17, 15) is 0 Å². The number of hydrogen-bond donors (Lipinski definition) is 0. The molecule has 0 aliphatic heterocycles. The number of para-hydroxylation sites is 4. The molecule has 3 aromatic carbocycles. The van der Waals surface area contributed by atoms with Gasteiger partial charge < -0.3 is 0 Å². The highest BCUT2D eigenvalue weighted by Crippen LogP contribution is 2.24. The second-order valence-electron chi connectivity index (χ2n) is 14.9. The summed E-state index contributed by atoms with van der Waals surface area (Å²) in [6, 6.07) is 39.0. The Labute approximate surface area is 587 Å². The average molecular weight is 1340 g/mol. The van der Waals surface area contributed by atoms with Crippen LogP contribution in [0.15, 0.2) is 283 Å². The second-order valence-corrected chi connectivity index (χ2v) is 14.9. The molecule has 15 aromatic rings. The van der Waals surface area contributed by atoms with Gasteiger partial charge in [0.25, 0.3) is 0 Å². The zero-order valence-electron chi connectivity index (χ0n) is 61.3. The van der Waals surface area contributed by atoms with Gasteiger partial charge in [0, 0.05) is 129 Å². The van der Waals surface area contributed by atoms with Crippen LogP contribution >= 0.6 is 0 Å². The molecule has 522 valence electrons. The highest BCUT2D eigenvalue weighted by atomic mass is 15.1. The van der Waals surface area contributed by atoms with E-state index in [4.69, 9.17) is 0 Å². The summed E-state index contributed by atoms with van der Waals surface area (Å²) in [5, 5.41) is 23.5. The minimum Gasteiger partial charge on any atom is -0.262 e. The van der Waals surface area contributed by atoms with Crippen molar-refractivity contribution in [1.82, 2.24) is 115 Å². The normalized spacial score (nSPS) is 8.15. The lowest BCUT2D eigenvalue weighted by Crippen LogP contribution is -1.86. The van der Waals surface area contributed by atoms with E-state index in [1.54, 1.807) is 130 Å². The second kappa shape index (κ2) is 76.7. The van der Waals surface area contributed by atoms with Crippen LogP contribution < -0.4 is 0 Å². The Morgan fingerprint density at radius 2 is 0.525 bits per heavy atom. The molecule has 0 spiro atoms. The number of nitrogens with zero attached hydrogens (tertiary/aromatic N) is 23. The smallest absolute Gasteiger partial charge is 0.178 e. The summed E-state index contributed by atoms with van der Waals surface area (Å²) in [5.74, 6) is 0. The molecule has 0 atom stereocenters. The topological polar surface area (TPSA) is 296 Å². The van der Waals surface area contributed by atoms with E-state index in [-0.39, 0.29) is 0 Å². The molecular formula is C76H103N23. The number of rotatable bonds is 0. The average Bonchev–Trinajstić information content (AvgIpc) is 0.796. The molecule has 0 unspecified atom stereocenters. The van der Waals surface area contributed by atoms with Gasteiger partial charge in [0.05, 0.1) is 40.0 Å². The number of fused-ring (bicyclic) bond motifs is 5. The standard InChI is InChI=1S/C14H11N.C8H6N2.2C7H5N3.4C4H4N2.2C3H3N3.9C2H6/c1-10-11-6-2-4-8-13(11)15-14-9-5-3-7-12(10)14;1-2-4-8-7(3-1)9-5-6-10-8;1-2-8-5-7-6(1)9-3-4-10-7;1-2-6-7(9-3-1)10-5-4-8-6;1-2-6-4-3-5-1;1-2-5-4-6-3-1;2*1-2-4-6-5-3-1;1-4-2-6-3-5-1;1-2-5-6-3-4-1;9*1-2/h2-9H,1H3;1-6H;2*1-5H;4*1-4H;2*1-3H;9*1-2H3. The molecule has 23 nitrogen and oxygen atoms in total. The molecule has 0 amide bonds. The summed E-state index contributed by atoms with van der Waals surface area (Å²) in [6.07, 6.45) is 41.9. The third kappa shape index (κ3) is 48.4. The highest BCUT2D eigenvalue weighted by molar-refractivity contribution is 5.97. The predicted octanol–water partition coefficient (Wildman–Crippen LogP) is 18.3. The summed E-state index contributed by atoms with van der Waals surface area (Å²) in [7, 11) is 0. The number of benzene rings is 3. The number of pyridine rings is 3. The molecule has 0 aliphatic rings. The van der Waals surface area contributed by atoms with Crippen LogP contribution in [0, 0.1) is 6.92 Å². The Hall–Kier alpha value is -12.0. The fourth-order valence-electron chi connectivity index (χ4n) is 6.01. The van der Waals surface area contributed by atoms with Crippen LogP contribution in [-0.2, 0) is 0 Å². The number of aromatic nitrogens is 23. The Morgan fingerprint density at radius 1 is 0.192 bits per heavy atom. The molecule has 0 bridgehead atoms. The predicted molar refractivity (Wildman–Crippen MR) is 408 cm³/mol. The summed E-state index contributed by atoms with van der Waals surface area (Å²) in [5.41, 5.74) is 8.63. The van der Waals surface area contributed by atoms with E-state index in [0.717, 1.165) is 38.6 Å². The van der Waals surface area contributed by atoms with Crippen molar-refractivity contribution in [2.75, 3.05) is 0 Å². The molecule has 0 N–H and O–H groups in total. The minimum absolute atomic E-state index is 0.699. The van der Waals surface area contributed by atoms with Gasteiger partial charge in [-0.3, -0.25) is 39.9 Å². The van der Waals surface area contributed by atoms with Crippen molar-refractivity contribution in [2.24, 2.45) is 0 Å². The van der Waals surface area contributed by atoms with Crippen molar-refractivity contribution in [2.45, 2.75) is 132 Å². The number of aryl methyl sites for hydroxylation is 1. The summed E-state index contributed by atoms with van der Waals surface area (Å²) in [4.78, 5) is 66.1. The Bertz CT molecular complexity index is 3120. The van der Waals surface area contributed by atoms with Gasteiger partial charge >= 0.3 is 0 Å².